The summed E-state index contributed by atoms with van der Waals surface area (Å²) in [5, 5.41) is 4.17. The van der Waals surface area contributed by atoms with E-state index in [1.807, 2.05) is 24.3 Å². The van der Waals surface area contributed by atoms with Gasteiger partial charge < -0.3 is 19.4 Å². The van der Waals surface area contributed by atoms with Crippen LogP contribution in [0.1, 0.15) is 37.0 Å². The Labute approximate surface area is 198 Å². The highest BCUT2D eigenvalue weighted by molar-refractivity contribution is 6.04. The number of ether oxygens (including phenoxy) is 1. The van der Waals surface area contributed by atoms with Crippen LogP contribution in [-0.4, -0.2) is 81.1 Å². The predicted molar refractivity (Wildman–Crippen MR) is 128 cm³/mol. The highest BCUT2D eigenvalue weighted by Crippen LogP contribution is 2.25. The van der Waals surface area contributed by atoms with Crippen molar-refractivity contribution in [2.24, 2.45) is 0 Å². The van der Waals surface area contributed by atoms with Gasteiger partial charge in [-0.05, 0) is 57.0 Å². The highest BCUT2D eigenvalue weighted by Gasteiger charge is 2.30. The van der Waals surface area contributed by atoms with Crippen LogP contribution in [0.2, 0.25) is 0 Å². The van der Waals surface area contributed by atoms with E-state index in [-0.39, 0.29) is 24.5 Å². The zero-order chi connectivity index (χ0) is 23.7. The number of fused-ring (bicyclic) bond motifs is 1. The molecule has 0 atom stereocenters. The first-order valence-electron chi connectivity index (χ1n) is 11.9. The van der Waals surface area contributed by atoms with E-state index in [2.05, 4.69) is 28.8 Å². The predicted octanol–water partition coefficient (Wildman–Crippen LogP) is 2.47. The summed E-state index contributed by atoms with van der Waals surface area (Å²) in [5.41, 5.74) is 1.71. The van der Waals surface area contributed by atoms with Crippen LogP contribution in [0.4, 0.5) is 5.69 Å². The van der Waals surface area contributed by atoms with Crippen molar-refractivity contribution in [1.29, 1.82) is 0 Å². The average Bonchev–Trinajstić information content (AvgIpc) is 3.29. The Bertz CT molecular complexity index is 1170. The number of piperazine rings is 1. The molecule has 2 aliphatic rings. The summed E-state index contributed by atoms with van der Waals surface area (Å²) in [6.45, 7) is 7.48. The molecule has 0 unspecified atom stereocenters. The van der Waals surface area contributed by atoms with Crippen LogP contribution >= 0.6 is 0 Å². The fourth-order valence-corrected chi connectivity index (χ4v) is 4.68. The Kier molecular flexibility index (Phi) is 6.19. The lowest BCUT2D eigenvalue weighted by molar-refractivity contribution is -0.120. The van der Waals surface area contributed by atoms with Gasteiger partial charge in [0.05, 0.1) is 6.20 Å². The number of anilines is 1. The molecule has 4 heterocycles. The number of amides is 2. The van der Waals surface area contributed by atoms with Gasteiger partial charge in [-0.2, -0.15) is 5.10 Å². The van der Waals surface area contributed by atoms with Gasteiger partial charge in [0.15, 0.2) is 5.65 Å². The first-order valence-corrected chi connectivity index (χ1v) is 11.9. The molecule has 178 valence electrons. The molecule has 2 saturated heterocycles. The van der Waals surface area contributed by atoms with Gasteiger partial charge in [-0.25, -0.2) is 9.50 Å². The number of likely N-dealkylation sites (tertiary alicyclic amines) is 1. The molecule has 34 heavy (non-hydrogen) atoms. The van der Waals surface area contributed by atoms with Crippen molar-refractivity contribution in [2.45, 2.75) is 38.8 Å². The van der Waals surface area contributed by atoms with Crippen molar-refractivity contribution >= 4 is 23.1 Å². The maximum Gasteiger partial charge on any atom is 0.259 e. The minimum Gasteiger partial charge on any atom is -0.490 e. The molecule has 5 rings (SSSR count). The smallest absolute Gasteiger partial charge is 0.259 e. The zero-order valence-electron chi connectivity index (χ0n) is 19.6. The second-order valence-corrected chi connectivity index (χ2v) is 9.16. The third-order valence-corrected chi connectivity index (χ3v) is 6.68. The van der Waals surface area contributed by atoms with Crippen molar-refractivity contribution in [3.63, 3.8) is 0 Å². The fraction of sp³-hybridized carbons (Fsp3) is 0.440. The highest BCUT2D eigenvalue weighted by atomic mass is 16.5. The monoisotopic (exact) mass is 462 g/mol. The molecule has 9 nitrogen and oxygen atoms in total. The van der Waals surface area contributed by atoms with E-state index in [1.54, 1.807) is 32.8 Å². The van der Waals surface area contributed by atoms with Crippen LogP contribution in [0.25, 0.3) is 5.65 Å². The number of hydrogen-bond donors (Lipinski definition) is 0. The topological polar surface area (TPSA) is 83.3 Å². The van der Waals surface area contributed by atoms with Gasteiger partial charge in [0, 0.05) is 50.3 Å². The molecule has 2 fully saturated rings. The van der Waals surface area contributed by atoms with Gasteiger partial charge in [-0.3, -0.25) is 9.59 Å². The maximum atomic E-state index is 13.0. The third kappa shape index (κ3) is 4.48. The van der Waals surface area contributed by atoms with Crippen LogP contribution in [0.15, 0.2) is 48.9 Å². The Morgan fingerprint density at radius 2 is 1.85 bits per heavy atom. The molecule has 0 radical (unpaired) electrons. The van der Waals surface area contributed by atoms with Crippen molar-refractivity contribution in [3.8, 4) is 5.75 Å². The molecular weight excluding hydrogens is 432 g/mol. The summed E-state index contributed by atoms with van der Waals surface area (Å²) >= 11 is 0. The van der Waals surface area contributed by atoms with Crippen molar-refractivity contribution in [2.75, 3.05) is 37.6 Å². The molecule has 2 amide bonds. The van der Waals surface area contributed by atoms with E-state index in [1.165, 1.54) is 6.20 Å². The minimum absolute atomic E-state index is 0.0235. The number of carbonyl (C=O) groups excluding carboxylic acids is 2. The van der Waals surface area contributed by atoms with E-state index in [0.717, 1.165) is 37.4 Å². The number of piperidine rings is 1. The first kappa shape index (κ1) is 22.3. The Balaban J connectivity index is 1.18. The standard InChI is InChI=1S/C25H30N6O3/c1-18(2)28-12-8-21(9-13-28)34-20-6-4-19(5-7-20)30-15-14-29(17-23(30)32)25(33)22-16-27-31-11-3-10-26-24(22)31/h3-7,10-11,16,18,21H,8-9,12-15,17H2,1-2H3. The molecule has 2 aromatic heterocycles. The number of rotatable bonds is 5. The molecule has 1 aromatic carbocycles. The first-order chi connectivity index (χ1) is 16.5. The van der Waals surface area contributed by atoms with E-state index in [0.29, 0.717) is 30.3 Å². The Morgan fingerprint density at radius 3 is 2.56 bits per heavy atom. The number of nitrogens with zero attached hydrogens (tertiary/aromatic N) is 6. The minimum atomic E-state index is -0.228. The van der Waals surface area contributed by atoms with Crippen LogP contribution in [-0.2, 0) is 4.79 Å². The van der Waals surface area contributed by atoms with Gasteiger partial charge in [-0.1, -0.05) is 0 Å². The molecule has 2 aliphatic heterocycles. The zero-order valence-corrected chi connectivity index (χ0v) is 19.6. The molecule has 0 saturated carbocycles. The fourth-order valence-electron chi connectivity index (χ4n) is 4.68. The van der Waals surface area contributed by atoms with Crippen molar-refractivity contribution < 1.29 is 14.3 Å². The molecule has 3 aromatic rings. The molecule has 9 heteroatoms. The Morgan fingerprint density at radius 1 is 1.09 bits per heavy atom. The summed E-state index contributed by atoms with van der Waals surface area (Å²) in [5.74, 6) is 0.487. The van der Waals surface area contributed by atoms with Gasteiger partial charge in [-0.15, -0.1) is 0 Å². The van der Waals surface area contributed by atoms with Crippen molar-refractivity contribution in [1.82, 2.24) is 24.4 Å². The third-order valence-electron chi connectivity index (χ3n) is 6.68. The largest absolute Gasteiger partial charge is 0.490 e. The normalized spacial score (nSPS) is 18.1. The average molecular weight is 463 g/mol. The molecule has 0 bridgehead atoms. The van der Waals surface area contributed by atoms with Crippen LogP contribution in [0.3, 0.4) is 0 Å². The number of aromatic nitrogens is 3. The summed E-state index contributed by atoms with van der Waals surface area (Å²) in [4.78, 5) is 35.9. The number of carbonyl (C=O) groups is 2. The van der Waals surface area contributed by atoms with Gasteiger partial charge in [0.2, 0.25) is 5.91 Å². The lowest BCUT2D eigenvalue weighted by atomic mass is 10.1. The van der Waals surface area contributed by atoms with Crippen LogP contribution in [0.5, 0.6) is 5.75 Å². The van der Waals surface area contributed by atoms with E-state index >= 15 is 0 Å². The lowest BCUT2D eigenvalue weighted by Gasteiger charge is -2.35. The number of hydrogen-bond acceptors (Lipinski definition) is 6. The lowest BCUT2D eigenvalue weighted by Crippen LogP contribution is -2.52. The number of benzene rings is 1. The van der Waals surface area contributed by atoms with E-state index < -0.39 is 0 Å². The van der Waals surface area contributed by atoms with Gasteiger partial charge in [0.1, 0.15) is 24.0 Å². The summed E-state index contributed by atoms with van der Waals surface area (Å²) in [7, 11) is 0. The second kappa shape index (κ2) is 9.42. The van der Waals surface area contributed by atoms with Gasteiger partial charge >= 0.3 is 0 Å². The molecule has 0 aliphatic carbocycles. The summed E-state index contributed by atoms with van der Waals surface area (Å²) < 4.78 is 7.74. The molecule has 0 N–H and O–H groups in total. The van der Waals surface area contributed by atoms with Crippen LogP contribution < -0.4 is 9.64 Å². The molecule has 0 spiro atoms. The van der Waals surface area contributed by atoms with Gasteiger partial charge in [0.25, 0.3) is 5.91 Å². The maximum absolute atomic E-state index is 13.0. The quantitative estimate of drug-likeness (QED) is 0.579. The molecular formula is C25H30N6O3. The SMILES string of the molecule is CC(C)N1CCC(Oc2ccc(N3CCN(C(=O)c4cnn5cccnc45)CC3=O)cc2)CC1. The van der Waals surface area contributed by atoms with E-state index in [4.69, 9.17) is 4.74 Å². The summed E-state index contributed by atoms with van der Waals surface area (Å²) in [6.07, 6.45) is 7.15. The van der Waals surface area contributed by atoms with Crippen LogP contribution in [0, 0.1) is 0 Å². The Hall–Kier alpha value is -3.46. The van der Waals surface area contributed by atoms with Crippen molar-refractivity contribution in [3.05, 3.63) is 54.5 Å². The second-order valence-electron chi connectivity index (χ2n) is 9.16. The summed E-state index contributed by atoms with van der Waals surface area (Å²) in [6, 6.07) is 10.0. The van der Waals surface area contributed by atoms with E-state index in [9.17, 15) is 9.59 Å².